The van der Waals surface area contributed by atoms with Crippen molar-refractivity contribution < 1.29 is 4.79 Å². The highest BCUT2D eigenvalue weighted by Gasteiger charge is 2.18. The van der Waals surface area contributed by atoms with Crippen molar-refractivity contribution in [3.63, 3.8) is 0 Å². The third-order valence-corrected chi connectivity index (χ3v) is 6.51. The molecule has 0 unspecified atom stereocenters. The lowest BCUT2D eigenvalue weighted by molar-refractivity contribution is 0.0991. The van der Waals surface area contributed by atoms with Gasteiger partial charge in [-0.15, -0.1) is 0 Å². The van der Waals surface area contributed by atoms with Crippen LogP contribution in [-0.4, -0.2) is 63.7 Å². The van der Waals surface area contributed by atoms with Crippen molar-refractivity contribution in [1.29, 1.82) is 0 Å². The zero-order valence-corrected chi connectivity index (χ0v) is 19.3. The van der Waals surface area contributed by atoms with Gasteiger partial charge < -0.3 is 9.80 Å². The Balaban J connectivity index is 1.40. The summed E-state index contributed by atoms with van der Waals surface area (Å²) in [6.07, 6.45) is 7.74. The summed E-state index contributed by atoms with van der Waals surface area (Å²) in [5.74, 6) is 0.935. The number of hydrogen-bond acceptors (Lipinski definition) is 6. The number of carbonyl (C=O) groups is 1. The second-order valence-electron chi connectivity index (χ2n) is 8.83. The van der Waals surface area contributed by atoms with E-state index < -0.39 is 0 Å². The molecule has 3 aromatic heterocycles. The maximum absolute atomic E-state index is 13.2. The van der Waals surface area contributed by atoms with Gasteiger partial charge in [0.2, 0.25) is 0 Å². The van der Waals surface area contributed by atoms with Gasteiger partial charge in [0.15, 0.2) is 5.78 Å². The van der Waals surface area contributed by atoms with Crippen LogP contribution < -0.4 is 4.90 Å². The third kappa shape index (κ3) is 4.36. The van der Waals surface area contributed by atoms with Crippen LogP contribution in [0.15, 0.2) is 55.1 Å². The second-order valence-corrected chi connectivity index (χ2v) is 8.83. The standard InChI is InChI=1S/C26H28N6O/c1-18-23-12-19(22-16-29-31(3)17-22)4-5-21(23)15-28-24(18)14-25(33)20-6-7-27-26(13-20)32-10-8-30(2)9-11-32/h4-7,12-13,15-17H,8-11,14H2,1-3H3. The maximum atomic E-state index is 13.2. The largest absolute Gasteiger partial charge is 0.354 e. The summed E-state index contributed by atoms with van der Waals surface area (Å²) in [4.78, 5) is 26.9. The van der Waals surface area contributed by atoms with Gasteiger partial charge in [0, 0.05) is 68.3 Å². The Hall–Kier alpha value is -3.58. The number of aromatic nitrogens is 4. The van der Waals surface area contributed by atoms with E-state index in [1.165, 1.54) is 0 Å². The van der Waals surface area contributed by atoms with Crippen molar-refractivity contribution in [2.45, 2.75) is 13.3 Å². The first kappa shape index (κ1) is 21.3. The number of rotatable bonds is 5. The highest BCUT2D eigenvalue weighted by molar-refractivity contribution is 5.99. The Morgan fingerprint density at radius 2 is 1.79 bits per heavy atom. The van der Waals surface area contributed by atoms with E-state index in [0.717, 1.165) is 65.2 Å². The quantitative estimate of drug-likeness (QED) is 0.443. The van der Waals surface area contributed by atoms with Gasteiger partial charge >= 0.3 is 0 Å². The fourth-order valence-electron chi connectivity index (χ4n) is 4.38. The van der Waals surface area contributed by atoms with Crippen LogP contribution >= 0.6 is 0 Å². The van der Waals surface area contributed by atoms with E-state index in [4.69, 9.17) is 0 Å². The summed E-state index contributed by atoms with van der Waals surface area (Å²) in [5.41, 5.74) is 4.72. The summed E-state index contributed by atoms with van der Waals surface area (Å²) in [6.45, 7) is 5.90. The zero-order valence-electron chi connectivity index (χ0n) is 19.3. The average Bonchev–Trinajstić information content (AvgIpc) is 3.27. The summed E-state index contributed by atoms with van der Waals surface area (Å²) in [5, 5.41) is 6.46. The van der Waals surface area contributed by atoms with Gasteiger partial charge in [-0.25, -0.2) is 4.98 Å². The Labute approximate surface area is 193 Å². The molecule has 5 rings (SSSR count). The predicted molar refractivity (Wildman–Crippen MR) is 131 cm³/mol. The highest BCUT2D eigenvalue weighted by atomic mass is 16.1. The fourth-order valence-corrected chi connectivity index (χ4v) is 4.38. The zero-order chi connectivity index (χ0) is 22.9. The van der Waals surface area contributed by atoms with E-state index in [-0.39, 0.29) is 12.2 Å². The van der Waals surface area contributed by atoms with Crippen LogP contribution in [-0.2, 0) is 13.5 Å². The van der Waals surface area contributed by atoms with E-state index in [1.807, 2.05) is 38.6 Å². The number of pyridine rings is 2. The van der Waals surface area contributed by atoms with Crippen molar-refractivity contribution >= 4 is 22.4 Å². The Bertz CT molecular complexity index is 1320. The van der Waals surface area contributed by atoms with E-state index in [2.05, 4.69) is 50.1 Å². The second kappa shape index (κ2) is 8.75. The molecule has 4 heterocycles. The molecule has 0 bridgehead atoms. The van der Waals surface area contributed by atoms with Crippen LogP contribution in [0.2, 0.25) is 0 Å². The molecule has 0 saturated carbocycles. The first-order valence-corrected chi connectivity index (χ1v) is 11.3. The van der Waals surface area contributed by atoms with Crippen molar-refractivity contribution in [1.82, 2.24) is 24.6 Å². The van der Waals surface area contributed by atoms with Gasteiger partial charge in [0.1, 0.15) is 5.82 Å². The van der Waals surface area contributed by atoms with E-state index in [1.54, 1.807) is 16.9 Å². The fraction of sp³-hybridized carbons (Fsp3) is 0.308. The first-order chi connectivity index (χ1) is 16.0. The van der Waals surface area contributed by atoms with Gasteiger partial charge in [0.25, 0.3) is 0 Å². The molecule has 7 nitrogen and oxygen atoms in total. The highest BCUT2D eigenvalue weighted by Crippen LogP contribution is 2.27. The van der Waals surface area contributed by atoms with Gasteiger partial charge in [-0.3, -0.25) is 14.5 Å². The summed E-state index contributed by atoms with van der Waals surface area (Å²) < 4.78 is 1.80. The molecule has 1 saturated heterocycles. The minimum Gasteiger partial charge on any atom is -0.354 e. The van der Waals surface area contributed by atoms with E-state index >= 15 is 0 Å². The number of aryl methyl sites for hydroxylation is 2. The molecular weight excluding hydrogens is 412 g/mol. The summed E-state index contributed by atoms with van der Waals surface area (Å²) in [6, 6.07) is 10.1. The summed E-state index contributed by atoms with van der Waals surface area (Å²) >= 11 is 0. The lowest BCUT2D eigenvalue weighted by Gasteiger charge is -2.33. The van der Waals surface area contributed by atoms with Crippen LogP contribution in [0.25, 0.3) is 21.9 Å². The average molecular weight is 441 g/mol. The molecular formula is C26H28N6O. The predicted octanol–water partition coefficient (Wildman–Crippen LogP) is 3.52. The van der Waals surface area contributed by atoms with Gasteiger partial charge in [-0.05, 0) is 48.7 Å². The number of piperazine rings is 1. The normalized spacial score (nSPS) is 14.7. The molecule has 0 aliphatic carbocycles. The Morgan fingerprint density at radius 1 is 0.970 bits per heavy atom. The van der Waals surface area contributed by atoms with Crippen LogP contribution in [0.4, 0.5) is 5.82 Å². The number of Topliss-reactive ketones (excluding diaryl/α,β-unsaturated/α-hetero) is 1. The van der Waals surface area contributed by atoms with Gasteiger partial charge in [-0.2, -0.15) is 5.10 Å². The van der Waals surface area contributed by atoms with Crippen LogP contribution in [0.1, 0.15) is 21.6 Å². The van der Waals surface area contributed by atoms with Gasteiger partial charge in [-0.1, -0.05) is 12.1 Å². The Morgan fingerprint density at radius 3 is 2.55 bits per heavy atom. The van der Waals surface area contributed by atoms with Crippen LogP contribution in [0.5, 0.6) is 0 Å². The molecule has 0 spiro atoms. The van der Waals surface area contributed by atoms with Crippen LogP contribution in [0.3, 0.4) is 0 Å². The molecule has 33 heavy (non-hydrogen) atoms. The number of ketones is 1. The smallest absolute Gasteiger partial charge is 0.169 e. The maximum Gasteiger partial charge on any atom is 0.169 e. The molecule has 1 aliphatic heterocycles. The molecule has 0 atom stereocenters. The lowest BCUT2D eigenvalue weighted by Crippen LogP contribution is -2.44. The summed E-state index contributed by atoms with van der Waals surface area (Å²) in [7, 11) is 4.04. The monoisotopic (exact) mass is 440 g/mol. The lowest BCUT2D eigenvalue weighted by atomic mass is 9.98. The molecule has 1 aromatic carbocycles. The molecule has 0 amide bonds. The van der Waals surface area contributed by atoms with Crippen molar-refractivity contribution in [3.05, 3.63) is 71.9 Å². The first-order valence-electron chi connectivity index (χ1n) is 11.3. The third-order valence-electron chi connectivity index (χ3n) is 6.51. The van der Waals surface area contributed by atoms with Crippen molar-refractivity contribution in [3.8, 4) is 11.1 Å². The minimum atomic E-state index is 0.0612. The van der Waals surface area contributed by atoms with E-state index in [9.17, 15) is 4.79 Å². The molecule has 0 N–H and O–H groups in total. The Kier molecular flexibility index (Phi) is 5.64. The number of fused-ring (bicyclic) bond motifs is 1. The van der Waals surface area contributed by atoms with E-state index in [0.29, 0.717) is 5.56 Å². The SMILES string of the molecule is Cc1c(CC(=O)c2ccnc(N3CCN(C)CC3)c2)ncc2ccc(-c3cnn(C)c3)cc12. The molecule has 168 valence electrons. The minimum absolute atomic E-state index is 0.0612. The molecule has 1 aliphatic rings. The number of nitrogens with zero attached hydrogens (tertiary/aromatic N) is 6. The molecule has 4 aromatic rings. The number of hydrogen-bond donors (Lipinski definition) is 0. The van der Waals surface area contributed by atoms with Crippen LogP contribution in [0, 0.1) is 6.92 Å². The van der Waals surface area contributed by atoms with Gasteiger partial charge in [0.05, 0.1) is 18.3 Å². The molecule has 0 radical (unpaired) electrons. The van der Waals surface area contributed by atoms with Crippen molar-refractivity contribution in [2.75, 3.05) is 38.1 Å². The molecule has 1 fully saturated rings. The number of likely N-dealkylation sites (N-methyl/N-ethyl adjacent to an activating group) is 1. The number of benzene rings is 1. The number of carbonyl (C=O) groups excluding carboxylic acids is 1. The number of anilines is 1. The molecule has 7 heteroatoms. The van der Waals surface area contributed by atoms with Crippen molar-refractivity contribution in [2.24, 2.45) is 7.05 Å². The topological polar surface area (TPSA) is 67.2 Å².